The maximum atomic E-state index is 13.1. The van der Waals surface area contributed by atoms with Crippen molar-refractivity contribution in [3.05, 3.63) is 51.3 Å². The van der Waals surface area contributed by atoms with Crippen LogP contribution in [0.2, 0.25) is 0 Å². The molecule has 0 aliphatic rings. The first-order valence-electron chi connectivity index (χ1n) is 7.28. The third-order valence-electron chi connectivity index (χ3n) is 3.73. The van der Waals surface area contributed by atoms with Crippen molar-refractivity contribution in [2.45, 2.75) is 19.2 Å². The zero-order chi connectivity index (χ0) is 18.4. The van der Waals surface area contributed by atoms with Crippen LogP contribution in [0.5, 0.6) is 0 Å². The minimum atomic E-state index is -4.62. The molecule has 0 saturated carbocycles. The third kappa shape index (κ3) is 3.38. The van der Waals surface area contributed by atoms with E-state index in [0.29, 0.717) is 21.8 Å². The number of thiazole rings is 1. The molecule has 5 nitrogen and oxygen atoms in total. The minimum Gasteiger partial charge on any atom is -0.388 e. The Morgan fingerprint density at radius 1 is 1.32 bits per heavy atom. The van der Waals surface area contributed by atoms with Crippen LogP contribution in [-0.4, -0.2) is 14.7 Å². The molecule has 0 radical (unpaired) electrons. The fourth-order valence-electron chi connectivity index (χ4n) is 2.46. The lowest BCUT2D eigenvalue weighted by Crippen LogP contribution is -2.19. The lowest BCUT2D eigenvalue weighted by Gasteiger charge is -2.15. The summed E-state index contributed by atoms with van der Waals surface area (Å²) < 4.78 is 40.2. The Kier molecular flexibility index (Phi) is 4.29. The highest BCUT2D eigenvalue weighted by Crippen LogP contribution is 2.31. The smallest absolute Gasteiger partial charge is 0.388 e. The van der Waals surface area contributed by atoms with Crippen molar-refractivity contribution < 1.29 is 18.3 Å². The van der Waals surface area contributed by atoms with Gasteiger partial charge in [-0.15, -0.1) is 0 Å². The highest BCUT2D eigenvalue weighted by molar-refractivity contribution is 7.15. The van der Waals surface area contributed by atoms with E-state index in [1.54, 1.807) is 13.0 Å². The summed E-state index contributed by atoms with van der Waals surface area (Å²) in [7, 11) is 1.27. The number of aliphatic hydroxyl groups excluding tert-OH is 1. The van der Waals surface area contributed by atoms with E-state index < -0.39 is 23.4 Å². The van der Waals surface area contributed by atoms with Gasteiger partial charge in [-0.3, -0.25) is 4.79 Å². The van der Waals surface area contributed by atoms with Crippen LogP contribution in [0.25, 0.3) is 10.9 Å². The maximum Gasteiger partial charge on any atom is 0.431 e. The molecule has 0 aliphatic carbocycles. The van der Waals surface area contributed by atoms with Crippen molar-refractivity contribution in [3.63, 3.8) is 0 Å². The monoisotopic (exact) mass is 369 g/mol. The number of hydrogen-bond acceptors (Lipinski definition) is 5. The van der Waals surface area contributed by atoms with Crippen LogP contribution < -0.4 is 10.7 Å². The largest absolute Gasteiger partial charge is 0.431 e. The number of anilines is 2. The second-order valence-electron chi connectivity index (χ2n) is 5.55. The van der Waals surface area contributed by atoms with Crippen molar-refractivity contribution in [3.8, 4) is 0 Å². The highest BCUT2D eigenvalue weighted by Gasteiger charge is 2.34. The number of aryl methyl sites for hydroxylation is 1. The fourth-order valence-corrected chi connectivity index (χ4v) is 3.23. The van der Waals surface area contributed by atoms with Crippen LogP contribution in [0.4, 0.5) is 24.0 Å². The molecule has 0 amide bonds. The van der Waals surface area contributed by atoms with Crippen molar-refractivity contribution >= 4 is 33.1 Å². The molecular formula is C16H14F3N3O2S. The Hall–Kier alpha value is -2.39. The lowest BCUT2D eigenvalue weighted by atomic mass is 10.1. The molecule has 2 heterocycles. The summed E-state index contributed by atoms with van der Waals surface area (Å²) in [6.07, 6.45) is -3.75. The summed E-state index contributed by atoms with van der Waals surface area (Å²) in [6.45, 7) is 1.61. The Balaban J connectivity index is 2.06. The van der Waals surface area contributed by atoms with Crippen molar-refractivity contribution in [1.29, 1.82) is 0 Å². The van der Waals surface area contributed by atoms with Crippen molar-refractivity contribution in [2.24, 2.45) is 7.05 Å². The summed E-state index contributed by atoms with van der Waals surface area (Å²) >= 11 is 1.24. The normalized spacial score (nSPS) is 13.2. The van der Waals surface area contributed by atoms with Crippen LogP contribution in [0.1, 0.15) is 23.6 Å². The average Bonchev–Trinajstić information content (AvgIpc) is 2.98. The fraction of sp³-hybridized carbons (Fsp3) is 0.250. The molecule has 0 fully saturated rings. The molecule has 0 aliphatic heterocycles. The molecular weight excluding hydrogens is 355 g/mol. The van der Waals surface area contributed by atoms with Crippen LogP contribution in [0, 0.1) is 0 Å². The summed E-state index contributed by atoms with van der Waals surface area (Å²) in [5.41, 5.74) is -1.03. The molecule has 0 bridgehead atoms. The Morgan fingerprint density at radius 3 is 2.64 bits per heavy atom. The van der Waals surface area contributed by atoms with Gasteiger partial charge in [-0.25, -0.2) is 4.98 Å². The maximum absolute atomic E-state index is 13.1. The lowest BCUT2D eigenvalue weighted by molar-refractivity contribution is -0.143. The van der Waals surface area contributed by atoms with Gasteiger partial charge in [-0.1, -0.05) is 11.3 Å². The predicted octanol–water partition coefficient (Wildman–Crippen LogP) is 3.81. The second-order valence-corrected chi connectivity index (χ2v) is 6.61. The number of aromatic nitrogens is 2. The van der Waals surface area contributed by atoms with Gasteiger partial charge in [0.25, 0.3) is 0 Å². The van der Waals surface area contributed by atoms with E-state index >= 15 is 0 Å². The molecule has 3 aromatic rings. The van der Waals surface area contributed by atoms with Crippen LogP contribution in [-0.2, 0) is 13.2 Å². The number of benzene rings is 1. The van der Waals surface area contributed by atoms with Crippen LogP contribution in [0.15, 0.2) is 35.3 Å². The van der Waals surface area contributed by atoms with Gasteiger partial charge in [0.1, 0.15) is 5.69 Å². The highest BCUT2D eigenvalue weighted by atomic mass is 32.1. The van der Waals surface area contributed by atoms with Gasteiger partial charge in [-0.2, -0.15) is 13.2 Å². The number of pyridine rings is 1. The first kappa shape index (κ1) is 17.4. The zero-order valence-electron chi connectivity index (χ0n) is 13.3. The molecule has 3 rings (SSSR count). The molecule has 9 heteroatoms. The first-order chi connectivity index (χ1) is 11.7. The average molecular weight is 369 g/mol. The van der Waals surface area contributed by atoms with E-state index in [-0.39, 0.29) is 10.9 Å². The van der Waals surface area contributed by atoms with E-state index in [0.717, 1.165) is 4.57 Å². The molecule has 0 spiro atoms. The van der Waals surface area contributed by atoms with Crippen LogP contribution in [0.3, 0.4) is 0 Å². The van der Waals surface area contributed by atoms with E-state index in [2.05, 4.69) is 10.3 Å². The Bertz CT molecular complexity index is 992. The van der Waals surface area contributed by atoms with Gasteiger partial charge in [0.2, 0.25) is 0 Å². The van der Waals surface area contributed by atoms with Gasteiger partial charge >= 0.3 is 6.18 Å². The summed E-state index contributed by atoms with van der Waals surface area (Å²) in [5, 5.41) is 13.2. The van der Waals surface area contributed by atoms with E-state index in [1.807, 2.05) is 0 Å². The molecule has 2 N–H and O–H groups in total. The third-order valence-corrected chi connectivity index (χ3v) is 4.81. The van der Waals surface area contributed by atoms with Crippen LogP contribution >= 0.6 is 11.3 Å². The number of halogens is 3. The van der Waals surface area contributed by atoms with Crippen molar-refractivity contribution in [2.75, 3.05) is 5.32 Å². The Labute approximate surface area is 144 Å². The summed E-state index contributed by atoms with van der Waals surface area (Å²) in [5.74, 6) is 0. The molecule has 25 heavy (non-hydrogen) atoms. The summed E-state index contributed by atoms with van der Waals surface area (Å²) in [4.78, 5) is 16.7. The zero-order valence-corrected chi connectivity index (χ0v) is 14.1. The number of alkyl halides is 3. The number of nitrogens with one attached hydrogen (secondary N) is 1. The topological polar surface area (TPSA) is 67.2 Å². The standard InChI is InChI=1S/C16H14F3N3O2S/c1-8(23)13-7-20-15(25-13)21-9-3-4-10-11(5-9)22(2)14(6-12(10)24)16(17,18)19/h3-8,23H,1-2H3,(H,20,21). The van der Waals surface area contributed by atoms with Gasteiger partial charge < -0.3 is 15.0 Å². The van der Waals surface area contributed by atoms with E-state index in [1.165, 1.54) is 36.7 Å². The number of rotatable bonds is 3. The van der Waals surface area contributed by atoms with E-state index in [9.17, 15) is 23.1 Å². The van der Waals surface area contributed by atoms with Gasteiger partial charge in [0.15, 0.2) is 10.6 Å². The number of hydrogen-bond donors (Lipinski definition) is 2. The summed E-state index contributed by atoms with van der Waals surface area (Å²) in [6, 6.07) is 5.14. The molecule has 2 aromatic heterocycles. The second kappa shape index (κ2) is 6.16. The quantitative estimate of drug-likeness (QED) is 0.737. The van der Waals surface area contributed by atoms with Gasteiger partial charge in [0, 0.05) is 30.4 Å². The van der Waals surface area contributed by atoms with Gasteiger partial charge in [0.05, 0.1) is 16.5 Å². The number of fused-ring (bicyclic) bond motifs is 1. The molecule has 1 unspecified atom stereocenters. The molecule has 132 valence electrons. The molecule has 0 saturated heterocycles. The Morgan fingerprint density at radius 2 is 2.04 bits per heavy atom. The number of aliphatic hydroxyl groups is 1. The molecule has 1 atom stereocenters. The first-order valence-corrected chi connectivity index (χ1v) is 8.10. The molecule has 1 aromatic carbocycles. The van der Waals surface area contributed by atoms with Crippen molar-refractivity contribution in [1.82, 2.24) is 9.55 Å². The van der Waals surface area contributed by atoms with Gasteiger partial charge in [-0.05, 0) is 25.1 Å². The number of nitrogens with zero attached hydrogens (tertiary/aromatic N) is 2. The van der Waals surface area contributed by atoms with E-state index in [4.69, 9.17) is 0 Å². The predicted molar refractivity (Wildman–Crippen MR) is 90.2 cm³/mol. The minimum absolute atomic E-state index is 0.164. The SMILES string of the molecule is CC(O)c1cnc(Nc2ccc3c(=O)cc(C(F)(F)F)n(C)c3c2)s1.